The summed E-state index contributed by atoms with van der Waals surface area (Å²) >= 11 is 0. The first-order valence-corrected chi connectivity index (χ1v) is 22.2. The van der Waals surface area contributed by atoms with Gasteiger partial charge in [0.05, 0.1) is 29.7 Å². The lowest BCUT2D eigenvalue weighted by Gasteiger charge is -2.34. The average molecular weight is 866 g/mol. The maximum absolute atomic E-state index is 14.8. The van der Waals surface area contributed by atoms with E-state index in [-0.39, 0.29) is 56.6 Å². The molecular weight excluding hydrogens is 812 g/mol. The number of ether oxygens (including phenoxy) is 3. The number of nitrogens with one attached hydrogen (secondary N) is 3. The number of amides is 4. The number of carbonyl (C=O) groups is 4. The van der Waals surface area contributed by atoms with Gasteiger partial charge in [0.1, 0.15) is 29.5 Å². The van der Waals surface area contributed by atoms with Crippen LogP contribution < -0.4 is 24.8 Å². The second-order valence-corrected chi connectivity index (χ2v) is 20.5. The van der Waals surface area contributed by atoms with Gasteiger partial charge in [0.15, 0.2) is 0 Å². The van der Waals surface area contributed by atoms with Gasteiger partial charge < -0.3 is 34.9 Å². The van der Waals surface area contributed by atoms with Gasteiger partial charge in [-0.25, -0.2) is 18.2 Å². The Hall–Kier alpha value is -4.39. The van der Waals surface area contributed by atoms with Crippen molar-refractivity contribution >= 4 is 44.6 Å². The molecule has 1 aromatic carbocycles. The van der Waals surface area contributed by atoms with Crippen molar-refractivity contribution in [2.24, 2.45) is 17.8 Å². The highest BCUT2D eigenvalue weighted by Crippen LogP contribution is 2.49. The largest absolute Gasteiger partial charge is 0.488 e. The number of aromatic nitrogens is 1. The van der Waals surface area contributed by atoms with E-state index in [0.29, 0.717) is 44.2 Å². The zero-order valence-electron chi connectivity index (χ0n) is 34.3. The van der Waals surface area contributed by atoms with E-state index in [1.165, 1.54) is 11.8 Å². The predicted octanol–water partition coefficient (Wildman–Crippen LogP) is 4.64. The third kappa shape index (κ3) is 8.97. The van der Waals surface area contributed by atoms with Crippen LogP contribution in [0.25, 0.3) is 10.8 Å². The summed E-state index contributed by atoms with van der Waals surface area (Å²) in [7, 11) is -4.13. The van der Waals surface area contributed by atoms with Gasteiger partial charge in [0.2, 0.25) is 33.3 Å². The average Bonchev–Trinajstić information content (AvgIpc) is 4.12. The quantitative estimate of drug-likeness (QED) is 0.274. The maximum Gasteiger partial charge on any atom is 0.427 e. The molecule has 19 heteroatoms. The molecule has 15 nitrogen and oxygen atoms in total. The molecule has 1 aromatic heterocycles. The van der Waals surface area contributed by atoms with Crippen LogP contribution in [-0.2, 0) is 29.1 Å². The monoisotopic (exact) mass is 865 g/mol. The lowest BCUT2D eigenvalue weighted by Crippen LogP contribution is -2.60. The minimum absolute atomic E-state index is 0.0250. The zero-order valence-corrected chi connectivity index (χ0v) is 35.2. The molecule has 8 atom stereocenters. The second-order valence-electron chi connectivity index (χ2n) is 18.3. The normalized spacial score (nSPS) is 31.1. The standard InChI is InChI=1S/C41H54F3N5O10S/c1-22-10-11-25(50)17-24-19-40(24,36(53)48-60(55,56)39(5)14-15-39)47-33(51)30-18-27(58-34-29-9-7-6-8-28(29)31(20-45-34)57-26-12-13-26)21-49(30)35(52)32(23(2)16-22)46-37(54)59-38(3,4)41(42,43)44/h6-9,20,22-27,30,32,50H,10-19,21H2,1-5H3,(H,46,54)(H,47,51)(H,48,53). The molecule has 2 saturated heterocycles. The van der Waals surface area contributed by atoms with Crippen LogP contribution in [0.4, 0.5) is 18.0 Å². The van der Waals surface area contributed by atoms with Gasteiger partial charge in [-0.1, -0.05) is 32.0 Å². The summed E-state index contributed by atoms with van der Waals surface area (Å²) in [6.07, 6.45) is -3.11. The van der Waals surface area contributed by atoms with Crippen molar-refractivity contribution in [3.8, 4) is 11.6 Å². The van der Waals surface area contributed by atoms with E-state index < -0.39 is 92.0 Å². The molecular formula is C41H54F3N5O10S. The number of alkyl halides is 3. The summed E-state index contributed by atoms with van der Waals surface area (Å²) in [5.41, 5.74) is -4.64. The molecule has 4 N–H and O–H groups in total. The van der Waals surface area contributed by atoms with Crippen LogP contribution in [0.3, 0.4) is 0 Å². The number of alkyl carbamates (subject to hydrolysis) is 1. The molecule has 4 amide bonds. The fraction of sp³-hybridized carbons (Fsp3) is 0.683. The van der Waals surface area contributed by atoms with E-state index in [9.17, 15) is 45.9 Å². The van der Waals surface area contributed by atoms with Crippen molar-refractivity contribution in [1.82, 2.24) is 25.2 Å². The third-order valence-electron chi connectivity index (χ3n) is 12.8. The lowest BCUT2D eigenvalue weighted by molar-refractivity contribution is -0.244. The van der Waals surface area contributed by atoms with Crippen molar-refractivity contribution in [3.63, 3.8) is 0 Å². The summed E-state index contributed by atoms with van der Waals surface area (Å²) in [6.45, 7) is 6.17. The molecule has 8 unspecified atom stereocenters. The number of aliphatic hydroxyl groups excluding tert-OH is 1. The molecule has 5 fully saturated rings. The number of benzene rings is 1. The number of hydrogen-bond acceptors (Lipinski definition) is 11. The molecule has 330 valence electrons. The Morgan fingerprint density at radius 2 is 1.67 bits per heavy atom. The lowest BCUT2D eigenvalue weighted by atomic mass is 9.87. The van der Waals surface area contributed by atoms with E-state index >= 15 is 0 Å². The number of halogens is 3. The molecule has 0 bridgehead atoms. The van der Waals surface area contributed by atoms with Gasteiger partial charge in [-0.2, -0.15) is 13.2 Å². The van der Waals surface area contributed by atoms with Crippen molar-refractivity contribution in [3.05, 3.63) is 30.5 Å². The summed E-state index contributed by atoms with van der Waals surface area (Å²) in [5.74, 6) is -3.32. The molecule has 0 radical (unpaired) electrons. The number of aliphatic hydroxyl groups is 1. The number of fused-ring (bicyclic) bond motifs is 3. The molecule has 3 aliphatic carbocycles. The zero-order chi connectivity index (χ0) is 43.6. The molecule has 3 saturated carbocycles. The first kappa shape index (κ1) is 43.7. The van der Waals surface area contributed by atoms with Gasteiger partial charge >= 0.3 is 12.3 Å². The van der Waals surface area contributed by atoms with Crippen molar-refractivity contribution in [2.45, 2.75) is 151 Å². The molecule has 60 heavy (non-hydrogen) atoms. The smallest absolute Gasteiger partial charge is 0.427 e. The number of pyridine rings is 1. The van der Waals surface area contributed by atoms with Crippen molar-refractivity contribution < 1.29 is 60.1 Å². The van der Waals surface area contributed by atoms with Gasteiger partial charge in [-0.3, -0.25) is 19.1 Å². The summed E-state index contributed by atoms with van der Waals surface area (Å²) in [5, 5.41) is 17.6. The molecule has 2 aliphatic heterocycles. The summed E-state index contributed by atoms with van der Waals surface area (Å²) in [4.78, 5) is 62.3. The number of sulfonamides is 1. The first-order chi connectivity index (χ1) is 28.0. The Morgan fingerprint density at radius 3 is 2.32 bits per heavy atom. The van der Waals surface area contributed by atoms with E-state index in [0.717, 1.165) is 18.2 Å². The fourth-order valence-corrected chi connectivity index (χ4v) is 9.61. The Balaban J connectivity index is 1.22. The molecule has 3 heterocycles. The third-order valence-corrected chi connectivity index (χ3v) is 15.0. The van der Waals surface area contributed by atoms with Gasteiger partial charge in [-0.15, -0.1) is 0 Å². The highest BCUT2D eigenvalue weighted by molar-refractivity contribution is 7.91. The van der Waals surface area contributed by atoms with Crippen LogP contribution in [0.1, 0.15) is 98.8 Å². The Bertz CT molecular complexity index is 2130. The van der Waals surface area contributed by atoms with Crippen LogP contribution >= 0.6 is 0 Å². The highest BCUT2D eigenvalue weighted by atomic mass is 32.2. The maximum atomic E-state index is 14.8. The van der Waals surface area contributed by atoms with Gasteiger partial charge in [0.25, 0.3) is 5.91 Å². The minimum atomic E-state index is -4.93. The fourth-order valence-electron chi connectivity index (χ4n) is 8.30. The van der Waals surface area contributed by atoms with E-state index in [1.807, 2.05) is 19.1 Å². The van der Waals surface area contributed by atoms with Gasteiger partial charge in [-0.05, 0) is 102 Å². The van der Waals surface area contributed by atoms with Crippen molar-refractivity contribution in [1.29, 1.82) is 0 Å². The van der Waals surface area contributed by atoms with Crippen molar-refractivity contribution in [2.75, 3.05) is 6.54 Å². The Labute approximate surface area is 346 Å². The molecule has 2 aromatic rings. The number of carbonyl (C=O) groups excluding carboxylic acids is 4. The van der Waals surface area contributed by atoms with E-state index in [4.69, 9.17) is 14.2 Å². The van der Waals surface area contributed by atoms with E-state index in [1.54, 1.807) is 25.3 Å². The molecule has 7 rings (SSSR count). The van der Waals surface area contributed by atoms with E-state index in [2.05, 4.69) is 20.3 Å². The van der Waals surface area contributed by atoms with Crippen LogP contribution in [-0.4, -0.2) is 106 Å². The molecule has 0 spiro atoms. The SMILES string of the molecule is CC1CCC(O)CC2CC2(C(=O)NS(=O)(=O)C2(C)CC2)NC(=O)C2CC(Oc3ncc(OC4CC4)c4ccccc34)CN2C(=O)C(NC(=O)OC(C)(C)C(F)(F)F)C(C)C1. The van der Waals surface area contributed by atoms with Crippen LogP contribution in [0, 0.1) is 17.8 Å². The number of hydrogen-bond donors (Lipinski definition) is 4. The number of nitrogens with zero attached hydrogens (tertiary/aromatic N) is 2. The Kier molecular flexibility index (Phi) is 11.5. The van der Waals surface area contributed by atoms with Gasteiger partial charge in [0, 0.05) is 17.2 Å². The van der Waals surface area contributed by atoms with Crippen LogP contribution in [0.15, 0.2) is 30.5 Å². The summed E-state index contributed by atoms with van der Waals surface area (Å²) in [6, 6.07) is 4.43. The topological polar surface area (TPSA) is 203 Å². The van der Waals surface area contributed by atoms with Crippen LogP contribution in [0.5, 0.6) is 11.6 Å². The first-order valence-electron chi connectivity index (χ1n) is 20.7. The second kappa shape index (κ2) is 15.8. The Morgan fingerprint density at radius 1 is 0.983 bits per heavy atom. The number of rotatable bonds is 9. The minimum Gasteiger partial charge on any atom is -0.488 e. The molecule has 5 aliphatic rings. The summed E-state index contributed by atoms with van der Waals surface area (Å²) < 4.78 is 86.1. The van der Waals surface area contributed by atoms with Crippen LogP contribution in [0.2, 0.25) is 0 Å². The predicted molar refractivity (Wildman–Crippen MR) is 210 cm³/mol. The highest BCUT2D eigenvalue weighted by Gasteiger charge is 2.64.